The van der Waals surface area contributed by atoms with Crippen molar-refractivity contribution in [2.75, 3.05) is 33.4 Å². The zero-order chi connectivity index (χ0) is 22.2. The summed E-state index contributed by atoms with van der Waals surface area (Å²) in [4.78, 5) is 6.06. The van der Waals surface area contributed by atoms with Gasteiger partial charge in [-0.25, -0.2) is 9.38 Å². The van der Waals surface area contributed by atoms with Gasteiger partial charge in [0.15, 0.2) is 0 Å². The minimum absolute atomic E-state index is 0.286. The summed E-state index contributed by atoms with van der Waals surface area (Å²) in [5.41, 5.74) is 5.62. The summed E-state index contributed by atoms with van der Waals surface area (Å²) in [6.45, 7) is 2.47. The first-order chi connectivity index (χ1) is 14.7. The van der Waals surface area contributed by atoms with Gasteiger partial charge in [-0.15, -0.1) is 0 Å². The number of alkyl halides is 4. The van der Waals surface area contributed by atoms with Gasteiger partial charge in [0.1, 0.15) is 17.6 Å². The third kappa shape index (κ3) is 4.41. The Labute approximate surface area is 177 Å². The predicted molar refractivity (Wildman–Crippen MR) is 106 cm³/mol. The van der Waals surface area contributed by atoms with E-state index in [4.69, 9.17) is 10.5 Å². The minimum Gasteiger partial charge on any atom is -0.381 e. The maximum absolute atomic E-state index is 15.0. The molecule has 31 heavy (non-hydrogen) atoms. The zero-order valence-corrected chi connectivity index (χ0v) is 17.2. The van der Waals surface area contributed by atoms with E-state index in [9.17, 15) is 13.2 Å². The predicted octanol–water partition coefficient (Wildman–Crippen LogP) is 1.38. The number of halogens is 4. The Morgan fingerprint density at radius 1 is 1.29 bits per heavy atom. The molecular weight excluding hydrogens is 418 g/mol. The molecule has 1 aromatic heterocycles. The average molecular weight is 445 g/mol. The fourth-order valence-electron chi connectivity index (χ4n) is 4.39. The second-order valence-corrected chi connectivity index (χ2v) is 8.11. The van der Waals surface area contributed by atoms with Crippen molar-refractivity contribution in [3.8, 4) is 0 Å². The molecule has 1 aromatic rings. The van der Waals surface area contributed by atoms with Gasteiger partial charge in [-0.2, -0.15) is 18.3 Å². The molecule has 3 atom stereocenters. The smallest absolute Gasteiger partial charge is 0.381 e. The number of ether oxygens (including phenoxy) is 1. The van der Waals surface area contributed by atoms with Crippen molar-refractivity contribution in [1.29, 1.82) is 0 Å². The Hall–Kier alpha value is -2.18. The van der Waals surface area contributed by atoms with E-state index < -0.39 is 29.7 Å². The SMILES string of the molecule is CNC1=C(C(F)(F)F)C=NC(N)(c2cnn([C@@H]3CCN(C4CCOCC4)C[C@H]3F)c2)N1. The second-order valence-electron chi connectivity index (χ2n) is 8.11. The highest BCUT2D eigenvalue weighted by Gasteiger charge is 2.42. The maximum atomic E-state index is 15.0. The summed E-state index contributed by atoms with van der Waals surface area (Å²) >= 11 is 0. The van der Waals surface area contributed by atoms with Crippen molar-refractivity contribution in [2.24, 2.45) is 10.7 Å². The highest BCUT2D eigenvalue weighted by Crippen LogP contribution is 2.32. The van der Waals surface area contributed by atoms with Crippen molar-refractivity contribution in [2.45, 2.75) is 49.5 Å². The number of likely N-dealkylation sites (tertiary alicyclic amines) is 1. The molecule has 3 aliphatic heterocycles. The van der Waals surface area contributed by atoms with E-state index in [1.165, 1.54) is 17.9 Å². The van der Waals surface area contributed by atoms with Crippen molar-refractivity contribution < 1.29 is 22.3 Å². The molecule has 0 bridgehead atoms. The number of nitrogens with one attached hydrogen (secondary N) is 2. The van der Waals surface area contributed by atoms with Crippen LogP contribution in [-0.4, -0.2) is 72.6 Å². The van der Waals surface area contributed by atoms with E-state index in [0.717, 1.165) is 19.4 Å². The molecule has 3 aliphatic rings. The first-order valence-corrected chi connectivity index (χ1v) is 10.3. The highest BCUT2D eigenvalue weighted by atomic mass is 19.4. The number of aliphatic imine (C=N–C) groups is 1. The average Bonchev–Trinajstić information content (AvgIpc) is 3.24. The second kappa shape index (κ2) is 8.40. The van der Waals surface area contributed by atoms with E-state index in [0.29, 0.717) is 44.0 Å². The van der Waals surface area contributed by atoms with Crippen LogP contribution in [0.3, 0.4) is 0 Å². The third-order valence-corrected chi connectivity index (χ3v) is 6.16. The molecule has 12 heteroatoms. The largest absolute Gasteiger partial charge is 0.421 e. The molecule has 8 nitrogen and oxygen atoms in total. The number of aromatic nitrogens is 2. The van der Waals surface area contributed by atoms with Gasteiger partial charge in [0, 0.05) is 51.8 Å². The summed E-state index contributed by atoms with van der Waals surface area (Å²) in [7, 11) is 1.36. The lowest BCUT2D eigenvalue weighted by Crippen LogP contribution is -2.53. The van der Waals surface area contributed by atoms with Crippen LogP contribution in [-0.2, 0) is 10.5 Å². The van der Waals surface area contributed by atoms with Gasteiger partial charge in [0.25, 0.3) is 0 Å². The number of piperidine rings is 1. The Kier molecular flexibility index (Phi) is 5.97. The van der Waals surface area contributed by atoms with Crippen LogP contribution in [0.5, 0.6) is 0 Å². The van der Waals surface area contributed by atoms with Crippen molar-refractivity contribution in [1.82, 2.24) is 25.3 Å². The standard InChI is InChI=1S/C19H27F4N7O/c1-25-17-14(18(21,22)23)9-26-19(24,28-17)12-8-27-30(10-12)16-2-5-29(11-15(16)20)13-3-6-31-7-4-13/h8-10,13,15-16,25,28H,2-7,11,24H2,1H3/t15-,16-,19?/m1/s1. The van der Waals surface area contributed by atoms with Crippen LogP contribution in [0.25, 0.3) is 0 Å². The van der Waals surface area contributed by atoms with Gasteiger partial charge < -0.3 is 15.4 Å². The molecule has 2 saturated heterocycles. The Morgan fingerprint density at radius 2 is 2.03 bits per heavy atom. The molecule has 0 radical (unpaired) electrons. The fraction of sp³-hybridized carbons (Fsp3) is 0.684. The van der Waals surface area contributed by atoms with Crippen LogP contribution in [0.2, 0.25) is 0 Å². The van der Waals surface area contributed by atoms with E-state index in [1.54, 1.807) is 6.20 Å². The summed E-state index contributed by atoms with van der Waals surface area (Å²) < 4.78 is 61.4. The summed E-state index contributed by atoms with van der Waals surface area (Å²) in [5, 5.41) is 9.32. The molecule has 172 valence electrons. The normalized spacial score (nSPS) is 31.0. The number of allylic oxidation sites excluding steroid dienone is 1. The van der Waals surface area contributed by atoms with Crippen molar-refractivity contribution in [3.05, 3.63) is 29.4 Å². The molecule has 4 heterocycles. The van der Waals surface area contributed by atoms with Crippen LogP contribution >= 0.6 is 0 Å². The van der Waals surface area contributed by atoms with Gasteiger partial charge in [-0.05, 0) is 19.3 Å². The molecule has 4 rings (SSSR count). The molecule has 0 spiro atoms. The molecule has 0 aromatic carbocycles. The van der Waals surface area contributed by atoms with E-state index in [1.807, 2.05) is 0 Å². The molecule has 0 amide bonds. The van der Waals surface area contributed by atoms with E-state index in [-0.39, 0.29) is 5.82 Å². The quantitative estimate of drug-likeness (QED) is 0.607. The Bertz CT molecular complexity index is 849. The van der Waals surface area contributed by atoms with Crippen LogP contribution in [0.1, 0.15) is 30.9 Å². The first kappa shape index (κ1) is 22.0. The lowest BCUT2D eigenvalue weighted by atomic mass is 9.98. The topological polar surface area (TPSA) is 92.7 Å². The summed E-state index contributed by atoms with van der Waals surface area (Å²) in [6, 6.07) is -0.130. The van der Waals surface area contributed by atoms with E-state index in [2.05, 4.69) is 25.6 Å². The van der Waals surface area contributed by atoms with Crippen LogP contribution in [0, 0.1) is 0 Å². The Balaban J connectivity index is 1.46. The van der Waals surface area contributed by atoms with Gasteiger partial charge in [0.2, 0.25) is 5.79 Å². The number of hydrogen-bond acceptors (Lipinski definition) is 7. The molecule has 0 aliphatic carbocycles. The van der Waals surface area contributed by atoms with Crippen LogP contribution < -0.4 is 16.4 Å². The molecule has 0 saturated carbocycles. The van der Waals surface area contributed by atoms with Gasteiger partial charge >= 0.3 is 6.18 Å². The lowest BCUT2D eigenvalue weighted by molar-refractivity contribution is -0.0875. The lowest BCUT2D eigenvalue weighted by Gasteiger charge is -2.40. The number of nitrogens with two attached hydrogens (primary N) is 1. The minimum atomic E-state index is -4.58. The van der Waals surface area contributed by atoms with Crippen LogP contribution in [0.4, 0.5) is 17.6 Å². The van der Waals surface area contributed by atoms with Gasteiger partial charge in [-0.1, -0.05) is 0 Å². The number of hydrogen-bond donors (Lipinski definition) is 3. The molecular formula is C19H27F4N7O. The van der Waals surface area contributed by atoms with Crippen LogP contribution in [0.15, 0.2) is 28.8 Å². The molecule has 2 fully saturated rings. The molecule has 4 N–H and O–H groups in total. The third-order valence-electron chi connectivity index (χ3n) is 6.16. The fourth-order valence-corrected chi connectivity index (χ4v) is 4.39. The van der Waals surface area contributed by atoms with Crippen molar-refractivity contribution in [3.63, 3.8) is 0 Å². The number of nitrogens with zero attached hydrogens (tertiary/aromatic N) is 4. The zero-order valence-electron chi connectivity index (χ0n) is 17.2. The van der Waals surface area contributed by atoms with E-state index >= 15 is 4.39 Å². The monoisotopic (exact) mass is 445 g/mol. The summed E-state index contributed by atoms with van der Waals surface area (Å²) in [5.74, 6) is -1.93. The summed E-state index contributed by atoms with van der Waals surface area (Å²) in [6.07, 6.45) is 0.349. The number of rotatable bonds is 4. The Morgan fingerprint density at radius 3 is 2.68 bits per heavy atom. The first-order valence-electron chi connectivity index (χ1n) is 10.3. The van der Waals surface area contributed by atoms with Crippen molar-refractivity contribution >= 4 is 6.21 Å². The van der Waals surface area contributed by atoms with Gasteiger partial charge in [-0.3, -0.25) is 15.3 Å². The highest BCUT2D eigenvalue weighted by molar-refractivity contribution is 5.82. The molecule has 1 unspecified atom stereocenters. The maximum Gasteiger partial charge on any atom is 0.421 e. The van der Waals surface area contributed by atoms with Gasteiger partial charge in [0.05, 0.1) is 17.8 Å².